The van der Waals surface area contributed by atoms with Crippen LogP contribution in [-0.2, 0) is 6.54 Å². The number of amides is 1. The van der Waals surface area contributed by atoms with Gasteiger partial charge >= 0.3 is 5.69 Å². The normalized spacial score (nSPS) is 10.6. The number of hydrogen-bond donors (Lipinski definition) is 2. The maximum atomic E-state index is 12.6. The smallest absolute Gasteiger partial charge is 0.322 e. The molecule has 0 bridgehead atoms. The predicted octanol–water partition coefficient (Wildman–Crippen LogP) is 2.52. The number of carbonyl (C=O) groups is 1. The van der Waals surface area contributed by atoms with E-state index >= 15 is 0 Å². The van der Waals surface area contributed by atoms with Crippen LogP contribution in [0.15, 0.2) is 51.5 Å². The molecule has 1 aromatic carbocycles. The number of thiophene rings is 1. The van der Waals surface area contributed by atoms with Crippen LogP contribution in [0.5, 0.6) is 0 Å². The summed E-state index contributed by atoms with van der Waals surface area (Å²) >= 11 is 1.44. The van der Waals surface area contributed by atoms with Crippen molar-refractivity contribution in [3.05, 3.63) is 84.3 Å². The third-order valence-corrected chi connectivity index (χ3v) is 4.69. The van der Waals surface area contributed by atoms with Crippen molar-refractivity contribution in [2.24, 2.45) is 0 Å². The molecule has 0 aliphatic rings. The molecule has 3 rings (SSSR count). The van der Waals surface area contributed by atoms with Crippen LogP contribution in [0.2, 0.25) is 0 Å². The Morgan fingerprint density at radius 2 is 2.04 bits per heavy atom. The maximum absolute atomic E-state index is 12.6. The second kappa shape index (κ2) is 6.90. The zero-order valence-corrected chi connectivity index (χ0v) is 14.6. The van der Waals surface area contributed by atoms with Gasteiger partial charge in [-0.3, -0.25) is 14.2 Å². The summed E-state index contributed by atoms with van der Waals surface area (Å²) in [6, 6.07) is 9.29. The lowest BCUT2D eigenvalue weighted by atomic mass is 10.1. The Hall–Kier alpha value is -2.93. The highest BCUT2D eigenvalue weighted by molar-refractivity contribution is 7.09. The first-order valence-corrected chi connectivity index (χ1v) is 8.57. The Morgan fingerprint density at radius 1 is 1.24 bits per heavy atom. The van der Waals surface area contributed by atoms with E-state index in [9.17, 15) is 14.4 Å². The second-order valence-electron chi connectivity index (χ2n) is 5.75. The van der Waals surface area contributed by atoms with Crippen molar-refractivity contribution in [1.29, 1.82) is 0 Å². The van der Waals surface area contributed by atoms with Crippen molar-refractivity contribution in [2.45, 2.75) is 20.4 Å². The van der Waals surface area contributed by atoms with Gasteiger partial charge in [-0.1, -0.05) is 23.8 Å². The van der Waals surface area contributed by atoms with Crippen molar-refractivity contribution in [3.8, 4) is 0 Å². The maximum Gasteiger partial charge on any atom is 0.328 e. The summed E-state index contributed by atoms with van der Waals surface area (Å²) in [5, 5.41) is 4.59. The highest BCUT2D eigenvalue weighted by atomic mass is 32.1. The van der Waals surface area contributed by atoms with E-state index in [0.717, 1.165) is 26.8 Å². The molecule has 0 saturated heterocycles. The zero-order chi connectivity index (χ0) is 18.0. The number of carbonyl (C=O) groups excluding carboxylic acids is 1. The van der Waals surface area contributed by atoms with Gasteiger partial charge in [-0.25, -0.2) is 4.79 Å². The molecular weight excluding hydrogens is 338 g/mol. The summed E-state index contributed by atoms with van der Waals surface area (Å²) in [5.74, 6) is -0.548. The molecule has 2 heterocycles. The van der Waals surface area contributed by atoms with E-state index in [4.69, 9.17) is 0 Å². The minimum atomic E-state index is -0.612. The summed E-state index contributed by atoms with van der Waals surface area (Å²) in [6.45, 7) is 3.98. The summed E-state index contributed by atoms with van der Waals surface area (Å²) in [7, 11) is 0. The van der Waals surface area contributed by atoms with E-state index in [2.05, 4.69) is 10.3 Å². The zero-order valence-electron chi connectivity index (χ0n) is 13.8. The Balaban J connectivity index is 1.93. The molecule has 0 fully saturated rings. The first-order chi connectivity index (χ1) is 12.0. The summed E-state index contributed by atoms with van der Waals surface area (Å²) < 4.78 is 1.03. The summed E-state index contributed by atoms with van der Waals surface area (Å²) in [5.41, 5.74) is 1.36. The minimum Gasteiger partial charge on any atom is -0.322 e. The Bertz CT molecular complexity index is 1030. The fourth-order valence-electron chi connectivity index (χ4n) is 2.52. The van der Waals surface area contributed by atoms with Crippen LogP contribution in [0.4, 0.5) is 5.69 Å². The Morgan fingerprint density at radius 3 is 2.72 bits per heavy atom. The molecule has 2 aromatic heterocycles. The SMILES string of the molecule is Cc1ccc(NC(=O)c2c[nH]c(=O)n(Cc3cccs3)c2=O)c(C)c1. The van der Waals surface area contributed by atoms with Crippen molar-refractivity contribution in [1.82, 2.24) is 9.55 Å². The van der Waals surface area contributed by atoms with Crippen LogP contribution in [0.3, 0.4) is 0 Å². The van der Waals surface area contributed by atoms with E-state index in [-0.39, 0.29) is 12.1 Å². The molecule has 3 aromatic rings. The number of H-pyrrole nitrogens is 1. The quantitative estimate of drug-likeness (QED) is 0.754. The first-order valence-electron chi connectivity index (χ1n) is 7.69. The number of benzene rings is 1. The fraction of sp³-hybridized carbons (Fsp3) is 0.167. The molecule has 0 aliphatic carbocycles. The number of aromatic nitrogens is 2. The Kier molecular flexibility index (Phi) is 4.67. The molecule has 0 unspecified atom stereocenters. The van der Waals surface area contributed by atoms with Gasteiger partial charge in [0.1, 0.15) is 5.56 Å². The van der Waals surface area contributed by atoms with Crippen LogP contribution in [0.25, 0.3) is 0 Å². The number of anilines is 1. The molecule has 0 atom stereocenters. The molecular formula is C18H17N3O3S. The minimum absolute atomic E-state index is 0.101. The van der Waals surface area contributed by atoms with Crippen molar-refractivity contribution >= 4 is 22.9 Å². The summed E-state index contributed by atoms with van der Waals surface area (Å²) in [6.07, 6.45) is 1.16. The van der Waals surface area contributed by atoms with Crippen molar-refractivity contribution in [3.63, 3.8) is 0 Å². The lowest BCUT2D eigenvalue weighted by molar-refractivity contribution is 0.102. The summed E-state index contributed by atoms with van der Waals surface area (Å²) in [4.78, 5) is 40.4. The Labute approximate surface area is 147 Å². The number of aromatic amines is 1. The van der Waals surface area contributed by atoms with Gasteiger partial charge in [0.15, 0.2) is 0 Å². The largest absolute Gasteiger partial charge is 0.328 e. The van der Waals surface area contributed by atoms with E-state index in [1.165, 1.54) is 11.3 Å². The van der Waals surface area contributed by atoms with Crippen LogP contribution in [-0.4, -0.2) is 15.5 Å². The molecule has 128 valence electrons. The van der Waals surface area contributed by atoms with E-state index in [1.807, 2.05) is 43.5 Å². The van der Waals surface area contributed by atoms with Crippen LogP contribution in [0, 0.1) is 13.8 Å². The van der Waals surface area contributed by atoms with E-state index in [0.29, 0.717) is 5.69 Å². The van der Waals surface area contributed by atoms with Crippen LogP contribution in [0.1, 0.15) is 26.4 Å². The third-order valence-electron chi connectivity index (χ3n) is 3.83. The van der Waals surface area contributed by atoms with Crippen LogP contribution >= 0.6 is 11.3 Å². The van der Waals surface area contributed by atoms with Crippen molar-refractivity contribution in [2.75, 3.05) is 5.32 Å². The highest BCUT2D eigenvalue weighted by Gasteiger charge is 2.16. The molecule has 7 heteroatoms. The van der Waals surface area contributed by atoms with Crippen molar-refractivity contribution < 1.29 is 4.79 Å². The topological polar surface area (TPSA) is 84.0 Å². The second-order valence-corrected chi connectivity index (χ2v) is 6.78. The molecule has 2 N–H and O–H groups in total. The van der Waals surface area contributed by atoms with Gasteiger partial charge in [0.05, 0.1) is 6.54 Å². The van der Waals surface area contributed by atoms with E-state index in [1.54, 1.807) is 6.07 Å². The van der Waals surface area contributed by atoms with Gasteiger partial charge < -0.3 is 10.3 Å². The molecule has 6 nitrogen and oxygen atoms in total. The number of rotatable bonds is 4. The number of hydrogen-bond acceptors (Lipinski definition) is 4. The first kappa shape index (κ1) is 16.9. The average molecular weight is 355 g/mol. The molecule has 25 heavy (non-hydrogen) atoms. The van der Waals surface area contributed by atoms with Gasteiger partial charge in [-0.05, 0) is 36.9 Å². The monoisotopic (exact) mass is 355 g/mol. The average Bonchev–Trinajstić information content (AvgIpc) is 3.07. The van der Waals surface area contributed by atoms with Gasteiger partial charge in [-0.15, -0.1) is 11.3 Å². The van der Waals surface area contributed by atoms with Gasteiger partial charge in [-0.2, -0.15) is 0 Å². The molecule has 1 amide bonds. The lowest BCUT2D eigenvalue weighted by Crippen LogP contribution is -2.39. The van der Waals surface area contributed by atoms with Gasteiger partial charge in [0, 0.05) is 16.8 Å². The van der Waals surface area contributed by atoms with Gasteiger partial charge in [0.2, 0.25) is 0 Å². The van der Waals surface area contributed by atoms with Gasteiger partial charge in [0.25, 0.3) is 11.5 Å². The molecule has 0 spiro atoms. The molecule has 0 saturated carbocycles. The standard InChI is InChI=1S/C18H17N3O3S/c1-11-5-6-15(12(2)8-11)20-16(22)14-9-19-18(24)21(17(14)23)10-13-4-3-7-25-13/h3-9H,10H2,1-2H3,(H,19,24)(H,20,22). The van der Waals surface area contributed by atoms with Crippen LogP contribution < -0.4 is 16.6 Å². The number of aryl methyl sites for hydroxylation is 2. The third kappa shape index (κ3) is 3.61. The molecule has 0 radical (unpaired) electrons. The lowest BCUT2D eigenvalue weighted by Gasteiger charge is -2.10. The fourth-order valence-corrected chi connectivity index (χ4v) is 3.21. The molecule has 0 aliphatic heterocycles. The van der Waals surface area contributed by atoms with E-state index < -0.39 is 17.2 Å². The number of nitrogens with one attached hydrogen (secondary N) is 2. The predicted molar refractivity (Wildman–Crippen MR) is 98.6 cm³/mol. The number of nitrogens with zero attached hydrogens (tertiary/aromatic N) is 1. The highest BCUT2D eigenvalue weighted by Crippen LogP contribution is 2.16.